The van der Waals surface area contributed by atoms with Crippen LogP contribution in [0.3, 0.4) is 0 Å². The predicted molar refractivity (Wildman–Crippen MR) is 74.9 cm³/mol. The molecular weight excluding hydrogens is 256 g/mol. The lowest BCUT2D eigenvalue weighted by Crippen LogP contribution is -2.28. The maximum absolute atomic E-state index is 11.8. The van der Waals surface area contributed by atoms with Gasteiger partial charge in [0.1, 0.15) is 5.69 Å². The summed E-state index contributed by atoms with van der Waals surface area (Å²) in [5, 5.41) is 5.66. The molecule has 6 nitrogen and oxygen atoms in total. The summed E-state index contributed by atoms with van der Waals surface area (Å²) in [7, 11) is 0. The number of nitrogens with two attached hydrogens (primary N) is 1. The molecule has 4 N–H and O–H groups in total. The topological polar surface area (TPSA) is 97.1 Å². The Bertz CT molecular complexity index is 469. The number of hydrogen-bond donors (Lipinski definition) is 3. The zero-order valence-electron chi connectivity index (χ0n) is 11.4. The molecular formula is C14H20N4O2. The Morgan fingerprint density at radius 1 is 1.35 bits per heavy atom. The monoisotopic (exact) mass is 276 g/mol. The van der Waals surface area contributed by atoms with E-state index in [0.717, 1.165) is 18.4 Å². The molecule has 1 saturated carbocycles. The van der Waals surface area contributed by atoms with Crippen LogP contribution in [0.2, 0.25) is 0 Å². The van der Waals surface area contributed by atoms with Gasteiger partial charge in [-0.2, -0.15) is 0 Å². The zero-order valence-corrected chi connectivity index (χ0v) is 11.4. The summed E-state index contributed by atoms with van der Waals surface area (Å²) in [4.78, 5) is 27.2. The lowest BCUT2D eigenvalue weighted by atomic mass is 10.2. The highest BCUT2D eigenvalue weighted by Gasteiger charge is 2.22. The van der Waals surface area contributed by atoms with Gasteiger partial charge in [0.2, 0.25) is 5.91 Å². The molecule has 0 unspecified atom stereocenters. The van der Waals surface area contributed by atoms with Crippen molar-refractivity contribution in [3.63, 3.8) is 0 Å². The van der Waals surface area contributed by atoms with E-state index < -0.39 is 0 Å². The predicted octanol–water partition coefficient (Wildman–Crippen LogP) is 0.329. The standard InChI is InChI=1S/C14H20N4O2/c15-8-10-3-6-12(17-9-10)14(20)16-7-1-2-13(19)18-11-4-5-11/h3,6,9,11H,1-2,4-5,7-8,15H2,(H,16,20)(H,18,19). The molecule has 0 spiro atoms. The van der Waals surface area contributed by atoms with E-state index >= 15 is 0 Å². The number of carbonyl (C=O) groups excluding carboxylic acids is 2. The third-order valence-corrected chi connectivity index (χ3v) is 3.10. The number of amides is 2. The molecule has 6 heteroatoms. The van der Waals surface area contributed by atoms with Gasteiger partial charge in [0.05, 0.1) is 0 Å². The zero-order chi connectivity index (χ0) is 14.4. The third-order valence-electron chi connectivity index (χ3n) is 3.10. The molecule has 20 heavy (non-hydrogen) atoms. The van der Waals surface area contributed by atoms with E-state index in [1.54, 1.807) is 18.3 Å². The maximum atomic E-state index is 11.8. The van der Waals surface area contributed by atoms with Gasteiger partial charge in [0, 0.05) is 31.7 Å². The first-order chi connectivity index (χ1) is 9.69. The molecule has 108 valence electrons. The van der Waals surface area contributed by atoms with Gasteiger partial charge in [-0.3, -0.25) is 14.6 Å². The average Bonchev–Trinajstić information content (AvgIpc) is 3.27. The normalized spacial score (nSPS) is 13.8. The minimum atomic E-state index is -0.226. The Balaban J connectivity index is 1.64. The van der Waals surface area contributed by atoms with Crippen LogP contribution >= 0.6 is 0 Å². The Labute approximate surface area is 118 Å². The van der Waals surface area contributed by atoms with Crippen molar-refractivity contribution < 1.29 is 9.59 Å². The van der Waals surface area contributed by atoms with Crippen molar-refractivity contribution in [2.45, 2.75) is 38.3 Å². The smallest absolute Gasteiger partial charge is 0.269 e. The quantitative estimate of drug-likeness (QED) is 0.625. The molecule has 1 aliphatic rings. The van der Waals surface area contributed by atoms with Crippen molar-refractivity contribution in [3.8, 4) is 0 Å². The fraction of sp³-hybridized carbons (Fsp3) is 0.500. The highest BCUT2D eigenvalue weighted by Crippen LogP contribution is 2.18. The SMILES string of the molecule is NCc1ccc(C(=O)NCCCC(=O)NC2CC2)nc1. The molecule has 0 aliphatic heterocycles. The fourth-order valence-corrected chi connectivity index (χ4v) is 1.75. The van der Waals surface area contributed by atoms with E-state index in [1.807, 2.05) is 0 Å². The Morgan fingerprint density at radius 2 is 2.15 bits per heavy atom. The van der Waals surface area contributed by atoms with Crippen molar-refractivity contribution in [1.82, 2.24) is 15.6 Å². The molecule has 1 aromatic rings. The maximum Gasteiger partial charge on any atom is 0.269 e. The lowest BCUT2D eigenvalue weighted by molar-refractivity contribution is -0.121. The second-order valence-corrected chi connectivity index (χ2v) is 4.96. The molecule has 2 rings (SSSR count). The van der Waals surface area contributed by atoms with Crippen LogP contribution in [0.1, 0.15) is 41.7 Å². The van der Waals surface area contributed by atoms with Gasteiger partial charge in [-0.25, -0.2) is 0 Å². The van der Waals surface area contributed by atoms with Crippen LogP contribution in [0.25, 0.3) is 0 Å². The van der Waals surface area contributed by atoms with E-state index in [2.05, 4.69) is 15.6 Å². The molecule has 2 amide bonds. The van der Waals surface area contributed by atoms with Gasteiger partial charge in [-0.1, -0.05) is 6.07 Å². The third kappa shape index (κ3) is 4.62. The van der Waals surface area contributed by atoms with Gasteiger partial charge < -0.3 is 16.4 Å². The minimum Gasteiger partial charge on any atom is -0.353 e. The number of carbonyl (C=O) groups is 2. The number of rotatable bonds is 7. The van der Waals surface area contributed by atoms with Crippen molar-refractivity contribution in [1.29, 1.82) is 0 Å². The van der Waals surface area contributed by atoms with Crippen LogP contribution in [0.4, 0.5) is 0 Å². The van der Waals surface area contributed by atoms with Crippen molar-refractivity contribution in [2.24, 2.45) is 5.73 Å². The van der Waals surface area contributed by atoms with Gasteiger partial charge in [-0.15, -0.1) is 0 Å². The van der Waals surface area contributed by atoms with Crippen LogP contribution in [0.15, 0.2) is 18.3 Å². The van der Waals surface area contributed by atoms with Crippen LogP contribution in [-0.2, 0) is 11.3 Å². The number of nitrogens with one attached hydrogen (secondary N) is 2. The highest BCUT2D eigenvalue weighted by molar-refractivity contribution is 5.92. The number of nitrogens with zero attached hydrogens (tertiary/aromatic N) is 1. The number of pyridine rings is 1. The summed E-state index contributed by atoms with van der Waals surface area (Å²) < 4.78 is 0. The minimum absolute atomic E-state index is 0.0622. The Morgan fingerprint density at radius 3 is 2.75 bits per heavy atom. The van der Waals surface area contributed by atoms with Gasteiger partial charge in [0.25, 0.3) is 5.91 Å². The largest absolute Gasteiger partial charge is 0.353 e. The summed E-state index contributed by atoms with van der Waals surface area (Å²) >= 11 is 0. The first kappa shape index (κ1) is 14.5. The first-order valence-electron chi connectivity index (χ1n) is 6.91. The molecule has 0 saturated heterocycles. The van der Waals surface area contributed by atoms with Crippen LogP contribution in [0, 0.1) is 0 Å². The highest BCUT2D eigenvalue weighted by atomic mass is 16.2. The number of aromatic nitrogens is 1. The second-order valence-electron chi connectivity index (χ2n) is 4.96. The van der Waals surface area contributed by atoms with Crippen molar-refractivity contribution >= 4 is 11.8 Å². The van der Waals surface area contributed by atoms with Crippen LogP contribution in [0.5, 0.6) is 0 Å². The van der Waals surface area contributed by atoms with Crippen LogP contribution in [-0.4, -0.2) is 29.4 Å². The summed E-state index contributed by atoms with van der Waals surface area (Å²) in [6.45, 7) is 0.877. The second kappa shape index (κ2) is 7.00. The molecule has 0 aromatic carbocycles. The Kier molecular flexibility index (Phi) is 5.06. The molecule has 1 fully saturated rings. The molecule has 1 aliphatic carbocycles. The Hall–Kier alpha value is -1.95. The van der Waals surface area contributed by atoms with Gasteiger partial charge in [-0.05, 0) is 30.9 Å². The summed E-state index contributed by atoms with van der Waals surface area (Å²) in [6.07, 6.45) is 4.85. The van der Waals surface area contributed by atoms with Crippen molar-refractivity contribution in [2.75, 3.05) is 6.54 Å². The number of hydrogen-bond acceptors (Lipinski definition) is 4. The molecule has 0 radical (unpaired) electrons. The van der Waals surface area contributed by atoms with E-state index in [-0.39, 0.29) is 11.8 Å². The molecule has 1 heterocycles. The summed E-state index contributed by atoms with van der Waals surface area (Å²) in [6, 6.07) is 3.82. The van der Waals surface area contributed by atoms with Crippen LogP contribution < -0.4 is 16.4 Å². The fourth-order valence-electron chi connectivity index (χ4n) is 1.75. The van der Waals surface area contributed by atoms with E-state index in [1.165, 1.54) is 0 Å². The summed E-state index contributed by atoms with van der Waals surface area (Å²) in [5.74, 6) is -0.164. The molecule has 0 atom stereocenters. The van der Waals surface area contributed by atoms with E-state index in [0.29, 0.717) is 37.7 Å². The van der Waals surface area contributed by atoms with E-state index in [9.17, 15) is 9.59 Å². The lowest BCUT2D eigenvalue weighted by Gasteiger charge is -2.06. The van der Waals surface area contributed by atoms with Crippen molar-refractivity contribution in [3.05, 3.63) is 29.6 Å². The molecule has 1 aromatic heterocycles. The van der Waals surface area contributed by atoms with Gasteiger partial charge >= 0.3 is 0 Å². The van der Waals surface area contributed by atoms with E-state index in [4.69, 9.17) is 5.73 Å². The molecule has 0 bridgehead atoms. The van der Waals surface area contributed by atoms with Gasteiger partial charge in [0.15, 0.2) is 0 Å². The first-order valence-corrected chi connectivity index (χ1v) is 6.91. The summed E-state index contributed by atoms with van der Waals surface area (Å²) in [5.41, 5.74) is 6.72. The average molecular weight is 276 g/mol.